The summed E-state index contributed by atoms with van der Waals surface area (Å²) in [6, 6.07) is 12.3. The maximum Gasteiger partial charge on any atom is 0.119 e. The smallest absolute Gasteiger partial charge is 0.119 e. The molecule has 112 valence electrons. The van der Waals surface area contributed by atoms with Gasteiger partial charge in [0.1, 0.15) is 12.4 Å². The summed E-state index contributed by atoms with van der Waals surface area (Å²) < 4.78 is 9.00. The maximum absolute atomic E-state index is 5.85. The number of piperidine rings is 1. The van der Waals surface area contributed by atoms with Crippen LogP contribution in [0.25, 0.3) is 5.69 Å². The Morgan fingerprint density at radius 2 is 1.76 bits per heavy atom. The van der Waals surface area contributed by atoms with Gasteiger partial charge in [0.15, 0.2) is 0 Å². The molecule has 0 atom stereocenters. The summed E-state index contributed by atoms with van der Waals surface area (Å²) in [6.07, 6.45) is 6.09. The Morgan fingerprint density at radius 3 is 2.43 bits per heavy atom. The molecule has 21 heavy (non-hydrogen) atoms. The van der Waals surface area contributed by atoms with Crippen LogP contribution in [0.15, 0.2) is 47.2 Å². The molecule has 1 aromatic heterocycles. The molecule has 0 amide bonds. The minimum absolute atomic E-state index is 0.770. The van der Waals surface area contributed by atoms with E-state index in [4.69, 9.17) is 4.74 Å². The highest BCUT2D eigenvalue weighted by atomic mass is 79.9. The molecule has 0 saturated carbocycles. The second-order valence-electron chi connectivity index (χ2n) is 5.45. The molecule has 1 aromatic carbocycles. The Morgan fingerprint density at radius 1 is 1.00 bits per heavy atom. The summed E-state index contributed by atoms with van der Waals surface area (Å²) in [6.45, 7) is 4.26. The lowest BCUT2D eigenvalue weighted by Crippen LogP contribution is -2.33. The van der Waals surface area contributed by atoms with Crippen molar-refractivity contribution in [3.05, 3.63) is 47.2 Å². The van der Waals surface area contributed by atoms with Crippen LogP contribution in [0.4, 0.5) is 0 Å². The standard InChI is InChI=1S/C17H21BrN2O/c18-17-5-4-12-20(17)15-6-8-16(9-7-15)21-14-13-19-10-2-1-3-11-19/h4-9,12H,1-3,10-11,13-14H2. The zero-order valence-corrected chi connectivity index (χ0v) is 13.8. The van der Waals surface area contributed by atoms with E-state index in [0.717, 1.165) is 29.2 Å². The normalized spacial score (nSPS) is 16.0. The molecule has 2 heterocycles. The Hall–Kier alpha value is -1.26. The SMILES string of the molecule is Brc1cccn1-c1ccc(OCCN2CCCCC2)cc1. The highest BCUT2D eigenvalue weighted by Crippen LogP contribution is 2.20. The lowest BCUT2D eigenvalue weighted by atomic mass is 10.1. The summed E-state index contributed by atoms with van der Waals surface area (Å²) in [5.41, 5.74) is 1.13. The van der Waals surface area contributed by atoms with Crippen LogP contribution in [0.1, 0.15) is 19.3 Å². The van der Waals surface area contributed by atoms with Gasteiger partial charge in [0.05, 0.1) is 4.60 Å². The van der Waals surface area contributed by atoms with E-state index in [9.17, 15) is 0 Å². The van der Waals surface area contributed by atoms with Gasteiger partial charge < -0.3 is 9.30 Å². The Bertz CT molecular complexity index is 558. The third-order valence-corrected chi connectivity index (χ3v) is 4.59. The van der Waals surface area contributed by atoms with Crippen LogP contribution in [0, 0.1) is 0 Å². The van der Waals surface area contributed by atoms with Crippen molar-refractivity contribution >= 4 is 15.9 Å². The Kier molecular flexibility index (Phi) is 4.99. The van der Waals surface area contributed by atoms with Crippen LogP contribution < -0.4 is 4.74 Å². The van der Waals surface area contributed by atoms with E-state index < -0.39 is 0 Å². The van der Waals surface area contributed by atoms with E-state index in [-0.39, 0.29) is 0 Å². The minimum Gasteiger partial charge on any atom is -0.492 e. The van der Waals surface area contributed by atoms with Crippen LogP contribution in [0.3, 0.4) is 0 Å². The van der Waals surface area contributed by atoms with E-state index in [2.05, 4.69) is 37.5 Å². The first-order valence-corrected chi connectivity index (χ1v) is 8.41. The van der Waals surface area contributed by atoms with Crippen molar-refractivity contribution in [1.29, 1.82) is 0 Å². The first kappa shape index (κ1) is 14.7. The molecular weight excluding hydrogens is 328 g/mol. The fraction of sp³-hybridized carbons (Fsp3) is 0.412. The second kappa shape index (κ2) is 7.14. The fourth-order valence-corrected chi connectivity index (χ4v) is 3.22. The van der Waals surface area contributed by atoms with Gasteiger partial charge in [-0.25, -0.2) is 0 Å². The number of rotatable bonds is 5. The largest absolute Gasteiger partial charge is 0.492 e. The quantitative estimate of drug-likeness (QED) is 0.809. The zero-order valence-electron chi connectivity index (χ0n) is 12.2. The van der Waals surface area contributed by atoms with Crippen LogP contribution in [0.5, 0.6) is 5.75 Å². The lowest BCUT2D eigenvalue weighted by Gasteiger charge is -2.26. The predicted octanol–water partition coefficient (Wildman–Crippen LogP) is 4.10. The number of hydrogen-bond donors (Lipinski definition) is 0. The van der Waals surface area contributed by atoms with E-state index in [1.165, 1.54) is 32.4 Å². The van der Waals surface area contributed by atoms with Gasteiger partial charge in [-0.05, 0) is 78.3 Å². The molecule has 2 aromatic rings. The van der Waals surface area contributed by atoms with Gasteiger partial charge in [-0.3, -0.25) is 4.90 Å². The van der Waals surface area contributed by atoms with Gasteiger partial charge >= 0.3 is 0 Å². The molecule has 1 saturated heterocycles. The Balaban J connectivity index is 1.51. The molecule has 0 radical (unpaired) electrons. The van der Waals surface area contributed by atoms with Crippen molar-refractivity contribution in [2.75, 3.05) is 26.2 Å². The number of hydrogen-bond acceptors (Lipinski definition) is 2. The van der Waals surface area contributed by atoms with Gasteiger partial charge in [0.25, 0.3) is 0 Å². The highest BCUT2D eigenvalue weighted by molar-refractivity contribution is 9.10. The molecule has 3 rings (SSSR count). The summed E-state index contributed by atoms with van der Waals surface area (Å²) >= 11 is 3.53. The average Bonchev–Trinajstić information content (AvgIpc) is 2.95. The first-order valence-electron chi connectivity index (χ1n) is 7.61. The molecule has 0 unspecified atom stereocenters. The molecule has 0 bridgehead atoms. The van der Waals surface area contributed by atoms with Crippen LogP contribution in [-0.2, 0) is 0 Å². The van der Waals surface area contributed by atoms with Crippen molar-refractivity contribution in [1.82, 2.24) is 9.47 Å². The van der Waals surface area contributed by atoms with E-state index in [1.54, 1.807) is 0 Å². The minimum atomic E-state index is 0.770. The number of ether oxygens (including phenoxy) is 1. The number of halogens is 1. The van der Waals surface area contributed by atoms with Crippen molar-refractivity contribution in [2.45, 2.75) is 19.3 Å². The van der Waals surface area contributed by atoms with Crippen molar-refractivity contribution in [3.8, 4) is 11.4 Å². The fourth-order valence-electron chi connectivity index (χ4n) is 2.75. The van der Waals surface area contributed by atoms with Gasteiger partial charge in [-0.2, -0.15) is 0 Å². The van der Waals surface area contributed by atoms with Crippen LogP contribution in [-0.4, -0.2) is 35.7 Å². The molecule has 3 nitrogen and oxygen atoms in total. The van der Waals surface area contributed by atoms with Crippen molar-refractivity contribution in [3.63, 3.8) is 0 Å². The first-order chi connectivity index (χ1) is 10.3. The van der Waals surface area contributed by atoms with E-state index in [1.807, 2.05) is 30.5 Å². The number of likely N-dealkylation sites (tertiary alicyclic amines) is 1. The summed E-state index contributed by atoms with van der Waals surface area (Å²) in [4.78, 5) is 2.49. The Labute approximate surface area is 134 Å². The van der Waals surface area contributed by atoms with Gasteiger partial charge in [0, 0.05) is 18.4 Å². The maximum atomic E-state index is 5.85. The van der Waals surface area contributed by atoms with Gasteiger partial charge in [-0.1, -0.05) is 6.42 Å². The van der Waals surface area contributed by atoms with Crippen molar-refractivity contribution < 1.29 is 4.74 Å². The molecular formula is C17H21BrN2O. The van der Waals surface area contributed by atoms with Crippen LogP contribution in [0.2, 0.25) is 0 Å². The molecule has 1 aliphatic heterocycles. The molecule has 0 aliphatic carbocycles. The second-order valence-corrected chi connectivity index (χ2v) is 6.26. The monoisotopic (exact) mass is 348 g/mol. The molecule has 0 spiro atoms. The number of aromatic nitrogens is 1. The molecule has 1 aliphatic rings. The molecule has 1 fully saturated rings. The zero-order chi connectivity index (χ0) is 14.5. The third-order valence-electron chi connectivity index (χ3n) is 3.94. The predicted molar refractivity (Wildman–Crippen MR) is 89.3 cm³/mol. The summed E-state index contributed by atoms with van der Waals surface area (Å²) in [7, 11) is 0. The third kappa shape index (κ3) is 3.89. The van der Waals surface area contributed by atoms with Gasteiger partial charge in [-0.15, -0.1) is 0 Å². The average molecular weight is 349 g/mol. The molecule has 4 heteroatoms. The number of benzene rings is 1. The van der Waals surface area contributed by atoms with Crippen molar-refractivity contribution in [2.24, 2.45) is 0 Å². The summed E-state index contributed by atoms with van der Waals surface area (Å²) in [5, 5.41) is 0. The molecule has 0 N–H and O–H groups in total. The highest BCUT2D eigenvalue weighted by Gasteiger charge is 2.09. The van der Waals surface area contributed by atoms with Crippen LogP contribution >= 0.6 is 15.9 Å². The summed E-state index contributed by atoms with van der Waals surface area (Å²) in [5.74, 6) is 0.944. The number of nitrogens with zero attached hydrogens (tertiary/aromatic N) is 2. The topological polar surface area (TPSA) is 17.4 Å². The van der Waals surface area contributed by atoms with E-state index in [0.29, 0.717) is 0 Å². The van der Waals surface area contributed by atoms with E-state index >= 15 is 0 Å². The lowest BCUT2D eigenvalue weighted by molar-refractivity contribution is 0.183. The van der Waals surface area contributed by atoms with Gasteiger partial charge in [0.2, 0.25) is 0 Å².